The molecule has 3 rings (SSSR count). The van der Waals surface area contributed by atoms with E-state index >= 15 is 0 Å². The molecule has 0 bridgehead atoms. The minimum atomic E-state index is 0.0669. The van der Waals surface area contributed by atoms with Gasteiger partial charge in [-0.05, 0) is 38.0 Å². The summed E-state index contributed by atoms with van der Waals surface area (Å²) in [5.41, 5.74) is 5.37. The van der Waals surface area contributed by atoms with Crippen molar-refractivity contribution in [2.24, 2.45) is 7.05 Å². The Bertz CT molecular complexity index is 885. The molecule has 0 saturated carbocycles. The first-order valence-electron chi connectivity index (χ1n) is 8.65. The molecule has 0 atom stereocenters. The zero-order chi connectivity index (χ0) is 18.5. The van der Waals surface area contributed by atoms with Gasteiger partial charge in [-0.15, -0.1) is 11.3 Å². The maximum atomic E-state index is 12.1. The fraction of sp³-hybridized carbons (Fsp3) is 0.368. The van der Waals surface area contributed by atoms with Crippen molar-refractivity contribution < 1.29 is 4.79 Å². The Hall–Kier alpha value is -2.54. The first kappa shape index (κ1) is 18.3. The molecule has 6 nitrogen and oxygen atoms in total. The summed E-state index contributed by atoms with van der Waals surface area (Å²) in [4.78, 5) is 20.7. The van der Waals surface area contributed by atoms with Gasteiger partial charge in [0.25, 0.3) is 0 Å². The molecular formula is C19H23N5OS. The number of hydrogen-bond donors (Lipinski definition) is 1. The van der Waals surface area contributed by atoms with Gasteiger partial charge in [0.2, 0.25) is 5.91 Å². The van der Waals surface area contributed by atoms with E-state index in [1.165, 1.54) is 5.56 Å². The van der Waals surface area contributed by atoms with Crippen LogP contribution in [0, 0.1) is 13.8 Å². The number of amides is 1. The first-order valence-corrected chi connectivity index (χ1v) is 9.53. The Morgan fingerprint density at radius 1 is 1.23 bits per heavy atom. The molecule has 0 unspecified atom stereocenters. The maximum absolute atomic E-state index is 12.1. The van der Waals surface area contributed by atoms with Crippen LogP contribution in [-0.4, -0.2) is 32.2 Å². The second-order valence-electron chi connectivity index (χ2n) is 6.25. The third-order valence-electron chi connectivity index (χ3n) is 4.44. The summed E-state index contributed by atoms with van der Waals surface area (Å²) in [6, 6.07) is 3.90. The van der Waals surface area contributed by atoms with Crippen molar-refractivity contribution in [2.75, 3.05) is 6.54 Å². The van der Waals surface area contributed by atoms with Gasteiger partial charge >= 0.3 is 0 Å². The van der Waals surface area contributed by atoms with E-state index in [0.717, 1.165) is 40.5 Å². The minimum Gasteiger partial charge on any atom is -0.356 e. The van der Waals surface area contributed by atoms with Gasteiger partial charge in [0, 0.05) is 55.5 Å². The molecule has 7 heteroatoms. The normalized spacial score (nSPS) is 10.9. The van der Waals surface area contributed by atoms with Crippen LogP contribution in [0.2, 0.25) is 0 Å². The molecular weight excluding hydrogens is 346 g/mol. The SMILES string of the molecule is Cc1nn(C)c(C)c1CCC(=O)NCCc1csc(-c2ccncc2)n1. The Kier molecular flexibility index (Phi) is 5.78. The molecule has 1 N–H and O–H groups in total. The summed E-state index contributed by atoms with van der Waals surface area (Å²) in [5.74, 6) is 0.0669. The van der Waals surface area contributed by atoms with Crippen LogP contribution >= 0.6 is 11.3 Å². The molecule has 136 valence electrons. The zero-order valence-corrected chi connectivity index (χ0v) is 16.1. The van der Waals surface area contributed by atoms with E-state index < -0.39 is 0 Å². The number of aromatic nitrogens is 4. The molecule has 3 aromatic heterocycles. The highest BCUT2D eigenvalue weighted by Crippen LogP contribution is 2.22. The Morgan fingerprint density at radius 3 is 2.69 bits per heavy atom. The largest absolute Gasteiger partial charge is 0.356 e. The number of carbonyl (C=O) groups excluding carboxylic acids is 1. The predicted octanol–water partition coefficient (Wildman–Crippen LogP) is 2.85. The van der Waals surface area contributed by atoms with E-state index in [1.807, 2.05) is 43.1 Å². The summed E-state index contributed by atoms with van der Waals surface area (Å²) in [6.45, 7) is 4.63. The van der Waals surface area contributed by atoms with Gasteiger partial charge in [-0.2, -0.15) is 5.10 Å². The van der Waals surface area contributed by atoms with Crippen LogP contribution in [0.4, 0.5) is 0 Å². The smallest absolute Gasteiger partial charge is 0.220 e. The van der Waals surface area contributed by atoms with Crippen molar-refractivity contribution in [3.8, 4) is 10.6 Å². The molecule has 1 amide bonds. The molecule has 3 aromatic rings. The van der Waals surface area contributed by atoms with Gasteiger partial charge in [-0.25, -0.2) is 4.98 Å². The lowest BCUT2D eigenvalue weighted by Crippen LogP contribution is -2.26. The first-order chi connectivity index (χ1) is 12.5. The molecule has 0 fully saturated rings. The highest BCUT2D eigenvalue weighted by atomic mass is 32.1. The van der Waals surface area contributed by atoms with Crippen molar-refractivity contribution in [2.45, 2.75) is 33.1 Å². The minimum absolute atomic E-state index is 0.0669. The van der Waals surface area contributed by atoms with Crippen molar-refractivity contribution in [3.63, 3.8) is 0 Å². The monoisotopic (exact) mass is 369 g/mol. The summed E-state index contributed by atoms with van der Waals surface area (Å²) in [7, 11) is 1.93. The van der Waals surface area contributed by atoms with Crippen LogP contribution < -0.4 is 5.32 Å². The fourth-order valence-electron chi connectivity index (χ4n) is 2.89. The lowest BCUT2D eigenvalue weighted by atomic mass is 10.1. The van der Waals surface area contributed by atoms with Gasteiger partial charge in [0.15, 0.2) is 0 Å². The zero-order valence-electron chi connectivity index (χ0n) is 15.3. The highest BCUT2D eigenvalue weighted by Gasteiger charge is 2.11. The average molecular weight is 369 g/mol. The summed E-state index contributed by atoms with van der Waals surface area (Å²) in [6.07, 6.45) is 5.47. The van der Waals surface area contributed by atoms with E-state index in [9.17, 15) is 4.79 Å². The molecule has 0 aliphatic carbocycles. The molecule has 26 heavy (non-hydrogen) atoms. The number of nitrogens with zero attached hydrogens (tertiary/aromatic N) is 4. The number of hydrogen-bond acceptors (Lipinski definition) is 5. The van der Waals surface area contributed by atoms with Gasteiger partial charge in [0.05, 0.1) is 11.4 Å². The lowest BCUT2D eigenvalue weighted by molar-refractivity contribution is -0.121. The summed E-state index contributed by atoms with van der Waals surface area (Å²) < 4.78 is 1.87. The van der Waals surface area contributed by atoms with E-state index in [2.05, 4.69) is 20.4 Å². The van der Waals surface area contributed by atoms with Crippen LogP contribution in [0.1, 0.15) is 29.1 Å². The van der Waals surface area contributed by atoms with Gasteiger partial charge < -0.3 is 5.32 Å². The average Bonchev–Trinajstić information content (AvgIpc) is 3.20. The topological polar surface area (TPSA) is 72.7 Å². The Balaban J connectivity index is 1.45. The number of thiazole rings is 1. The second-order valence-corrected chi connectivity index (χ2v) is 7.11. The van der Waals surface area contributed by atoms with Crippen molar-refractivity contribution in [1.29, 1.82) is 0 Å². The van der Waals surface area contributed by atoms with Crippen LogP contribution in [-0.2, 0) is 24.7 Å². The van der Waals surface area contributed by atoms with Crippen molar-refractivity contribution in [1.82, 2.24) is 25.1 Å². The number of nitrogens with one attached hydrogen (secondary N) is 1. The van der Waals surface area contributed by atoms with E-state index in [4.69, 9.17) is 0 Å². The molecule has 0 aliphatic rings. The van der Waals surface area contributed by atoms with Crippen LogP contribution in [0.3, 0.4) is 0 Å². The van der Waals surface area contributed by atoms with Crippen LogP contribution in [0.5, 0.6) is 0 Å². The predicted molar refractivity (Wildman–Crippen MR) is 103 cm³/mol. The van der Waals surface area contributed by atoms with Gasteiger partial charge in [0.1, 0.15) is 5.01 Å². The van der Waals surface area contributed by atoms with E-state index in [-0.39, 0.29) is 5.91 Å². The molecule has 0 radical (unpaired) electrons. The van der Waals surface area contributed by atoms with E-state index in [1.54, 1.807) is 23.7 Å². The number of carbonyl (C=O) groups is 1. The molecule has 0 aromatic carbocycles. The standard InChI is InChI=1S/C19H23N5OS/c1-13-17(14(2)24(3)23-13)4-5-18(25)21-11-8-16-12-26-19(22-16)15-6-9-20-10-7-15/h6-7,9-10,12H,4-5,8,11H2,1-3H3,(H,21,25). The Morgan fingerprint density at radius 2 is 2.00 bits per heavy atom. The fourth-order valence-corrected chi connectivity index (χ4v) is 3.75. The molecule has 0 aliphatic heterocycles. The molecule has 3 heterocycles. The van der Waals surface area contributed by atoms with E-state index in [0.29, 0.717) is 13.0 Å². The van der Waals surface area contributed by atoms with Crippen molar-refractivity contribution >= 4 is 17.2 Å². The van der Waals surface area contributed by atoms with Crippen LogP contribution in [0.25, 0.3) is 10.6 Å². The molecule has 0 spiro atoms. The van der Waals surface area contributed by atoms with Crippen molar-refractivity contribution in [3.05, 3.63) is 52.6 Å². The third-order valence-corrected chi connectivity index (χ3v) is 5.38. The third kappa shape index (κ3) is 4.35. The Labute approximate surface area is 157 Å². The number of aryl methyl sites for hydroxylation is 2. The number of rotatable bonds is 7. The number of pyridine rings is 1. The lowest BCUT2D eigenvalue weighted by Gasteiger charge is -2.05. The molecule has 0 saturated heterocycles. The summed E-state index contributed by atoms with van der Waals surface area (Å²) >= 11 is 1.61. The maximum Gasteiger partial charge on any atom is 0.220 e. The quantitative estimate of drug-likeness (QED) is 0.695. The summed E-state index contributed by atoms with van der Waals surface area (Å²) in [5, 5.41) is 10.4. The highest BCUT2D eigenvalue weighted by molar-refractivity contribution is 7.13. The van der Waals surface area contributed by atoms with Crippen LogP contribution in [0.15, 0.2) is 29.9 Å². The van der Waals surface area contributed by atoms with Gasteiger partial charge in [-0.1, -0.05) is 0 Å². The van der Waals surface area contributed by atoms with Gasteiger partial charge in [-0.3, -0.25) is 14.5 Å². The second kappa shape index (κ2) is 8.23.